The minimum absolute atomic E-state index is 0.220. The molecule has 0 aromatic heterocycles. The summed E-state index contributed by atoms with van der Waals surface area (Å²) >= 11 is 18.1. The van der Waals surface area contributed by atoms with Crippen LogP contribution in [-0.2, 0) is 6.18 Å². The zero-order valence-corrected chi connectivity index (χ0v) is 14.1. The van der Waals surface area contributed by atoms with Crippen LogP contribution in [-0.4, -0.2) is 14.1 Å². The molecule has 0 saturated carbocycles. The van der Waals surface area contributed by atoms with Gasteiger partial charge in [0.2, 0.25) is 0 Å². The van der Waals surface area contributed by atoms with Crippen LogP contribution in [0.5, 0.6) is 0 Å². The maximum absolute atomic E-state index is 12.9. The van der Waals surface area contributed by atoms with Crippen molar-refractivity contribution >= 4 is 40.5 Å². The normalized spacial score (nSPS) is 19.3. The molecule has 120 valence electrons. The summed E-state index contributed by atoms with van der Waals surface area (Å²) in [4.78, 5) is 1.64. The maximum atomic E-state index is 12.9. The van der Waals surface area contributed by atoms with E-state index >= 15 is 0 Å². The second-order valence-corrected chi connectivity index (χ2v) is 6.45. The van der Waals surface area contributed by atoms with Gasteiger partial charge in [-0.05, 0) is 24.1 Å². The first-order valence-corrected chi connectivity index (χ1v) is 7.55. The summed E-state index contributed by atoms with van der Waals surface area (Å²) < 4.78 is 38.6. The van der Waals surface area contributed by atoms with Crippen molar-refractivity contribution in [2.45, 2.75) is 18.5 Å². The SMILES string of the molecule is CN(C)c1cc(C(F)(F)F)ccc1C1C=C(Cl)C(Cl)=C(Cl)C1. The molecular weight excluding hydrogens is 358 g/mol. The van der Waals surface area contributed by atoms with E-state index in [2.05, 4.69) is 0 Å². The topological polar surface area (TPSA) is 3.24 Å². The standard InChI is InChI=1S/C15H13Cl3F3N/c1-22(2)13-7-9(15(19,20)21)3-4-10(13)8-5-11(16)14(18)12(17)6-8/h3-5,7-8H,6H2,1-2H3. The minimum Gasteiger partial charge on any atom is -0.377 e. The highest BCUT2D eigenvalue weighted by Gasteiger charge is 2.32. The first-order chi connectivity index (χ1) is 10.1. The van der Waals surface area contributed by atoms with Crippen molar-refractivity contribution in [3.8, 4) is 0 Å². The van der Waals surface area contributed by atoms with Gasteiger partial charge in [0, 0.05) is 30.7 Å². The molecule has 7 heteroatoms. The van der Waals surface area contributed by atoms with Crippen molar-refractivity contribution in [2.75, 3.05) is 19.0 Å². The highest BCUT2D eigenvalue weighted by Crippen LogP contribution is 2.43. The average Bonchev–Trinajstić information content (AvgIpc) is 2.42. The summed E-state index contributed by atoms with van der Waals surface area (Å²) in [7, 11) is 3.38. The van der Waals surface area contributed by atoms with Crippen LogP contribution in [0.4, 0.5) is 18.9 Å². The Morgan fingerprint density at radius 2 is 1.77 bits per heavy atom. The van der Waals surface area contributed by atoms with Gasteiger partial charge in [0.1, 0.15) is 0 Å². The van der Waals surface area contributed by atoms with Crippen molar-refractivity contribution in [1.82, 2.24) is 0 Å². The molecule has 0 radical (unpaired) electrons. The summed E-state index contributed by atoms with van der Waals surface area (Å²) in [5.74, 6) is -0.220. The van der Waals surface area contributed by atoms with Crippen LogP contribution in [0.1, 0.15) is 23.5 Å². The molecule has 0 heterocycles. The van der Waals surface area contributed by atoms with E-state index in [0.717, 1.165) is 17.7 Å². The molecule has 1 aliphatic carbocycles. The van der Waals surface area contributed by atoms with Crippen LogP contribution in [0.15, 0.2) is 39.4 Å². The van der Waals surface area contributed by atoms with Crippen LogP contribution in [0.2, 0.25) is 0 Å². The molecule has 0 N–H and O–H groups in total. The molecule has 1 atom stereocenters. The van der Waals surface area contributed by atoms with Gasteiger partial charge in [0.25, 0.3) is 0 Å². The Morgan fingerprint density at radius 3 is 2.27 bits per heavy atom. The molecule has 2 rings (SSSR count). The molecule has 0 amide bonds. The van der Waals surface area contributed by atoms with E-state index in [0.29, 0.717) is 22.2 Å². The Hall–Kier alpha value is -0.840. The second-order valence-electron chi connectivity index (χ2n) is 5.21. The fourth-order valence-electron chi connectivity index (χ4n) is 2.34. The number of benzene rings is 1. The smallest absolute Gasteiger partial charge is 0.377 e. The molecule has 1 unspecified atom stereocenters. The summed E-state index contributed by atoms with van der Waals surface area (Å²) in [5, 5.41) is 1.01. The Labute approximate surface area is 141 Å². The molecule has 0 bridgehead atoms. The van der Waals surface area contributed by atoms with Crippen molar-refractivity contribution in [3.05, 3.63) is 50.5 Å². The van der Waals surface area contributed by atoms with Gasteiger partial charge >= 0.3 is 6.18 Å². The van der Waals surface area contributed by atoms with E-state index in [4.69, 9.17) is 34.8 Å². The predicted molar refractivity (Wildman–Crippen MR) is 85.8 cm³/mol. The third-order valence-electron chi connectivity index (χ3n) is 3.43. The zero-order chi connectivity index (χ0) is 16.7. The molecule has 0 saturated heterocycles. The summed E-state index contributed by atoms with van der Waals surface area (Å²) in [6, 6.07) is 3.66. The van der Waals surface area contributed by atoms with Crippen LogP contribution in [0.25, 0.3) is 0 Å². The summed E-state index contributed by atoms with van der Waals surface area (Å²) in [6.45, 7) is 0. The molecule has 1 aliphatic rings. The Bertz CT molecular complexity index is 648. The highest BCUT2D eigenvalue weighted by atomic mass is 35.5. The van der Waals surface area contributed by atoms with Crippen LogP contribution in [0.3, 0.4) is 0 Å². The number of allylic oxidation sites excluding steroid dienone is 4. The Kier molecular flexibility index (Phi) is 5.05. The van der Waals surface area contributed by atoms with Gasteiger partial charge < -0.3 is 4.90 Å². The molecule has 1 aromatic rings. The molecule has 0 spiro atoms. The van der Waals surface area contributed by atoms with Gasteiger partial charge in [0.15, 0.2) is 0 Å². The van der Waals surface area contributed by atoms with Crippen molar-refractivity contribution in [3.63, 3.8) is 0 Å². The predicted octanol–water partition coefficient (Wildman–Crippen LogP) is 6.07. The van der Waals surface area contributed by atoms with Gasteiger partial charge in [-0.3, -0.25) is 0 Å². The molecule has 0 aliphatic heterocycles. The Balaban J connectivity index is 2.49. The number of halogens is 6. The van der Waals surface area contributed by atoms with Crippen molar-refractivity contribution < 1.29 is 13.2 Å². The fraction of sp³-hybridized carbons (Fsp3) is 0.333. The first-order valence-electron chi connectivity index (χ1n) is 6.41. The highest BCUT2D eigenvalue weighted by molar-refractivity contribution is 6.48. The number of alkyl halides is 3. The molecule has 1 aromatic carbocycles. The van der Waals surface area contributed by atoms with Crippen LogP contribution in [0, 0.1) is 0 Å². The molecule has 0 fully saturated rings. The lowest BCUT2D eigenvalue weighted by Gasteiger charge is -2.26. The monoisotopic (exact) mass is 369 g/mol. The average molecular weight is 371 g/mol. The van der Waals surface area contributed by atoms with Crippen molar-refractivity contribution in [1.29, 1.82) is 0 Å². The first kappa shape index (κ1) is 17.5. The zero-order valence-electron chi connectivity index (χ0n) is 11.8. The number of rotatable bonds is 2. The van der Waals surface area contributed by atoms with Gasteiger partial charge in [-0.25, -0.2) is 0 Å². The summed E-state index contributed by atoms with van der Waals surface area (Å²) in [5.41, 5.74) is 0.506. The van der Waals surface area contributed by atoms with E-state index in [1.165, 1.54) is 6.07 Å². The lowest BCUT2D eigenvalue weighted by Crippen LogP contribution is -2.16. The van der Waals surface area contributed by atoms with Gasteiger partial charge in [0.05, 0.1) is 15.6 Å². The second kappa shape index (κ2) is 6.34. The van der Waals surface area contributed by atoms with E-state index in [1.807, 2.05) is 0 Å². The lowest BCUT2D eigenvalue weighted by molar-refractivity contribution is -0.137. The minimum atomic E-state index is -4.38. The molecule has 22 heavy (non-hydrogen) atoms. The number of nitrogens with zero attached hydrogens (tertiary/aromatic N) is 1. The van der Waals surface area contributed by atoms with Gasteiger partial charge in [-0.2, -0.15) is 13.2 Å². The van der Waals surface area contributed by atoms with Gasteiger partial charge in [-0.1, -0.05) is 46.9 Å². The number of hydrogen-bond donors (Lipinski definition) is 0. The van der Waals surface area contributed by atoms with Crippen LogP contribution >= 0.6 is 34.8 Å². The summed E-state index contributed by atoms with van der Waals surface area (Å²) in [6.07, 6.45) is -2.27. The van der Waals surface area contributed by atoms with E-state index < -0.39 is 11.7 Å². The third-order valence-corrected chi connectivity index (χ3v) is 4.72. The van der Waals surface area contributed by atoms with E-state index in [-0.39, 0.29) is 11.0 Å². The maximum Gasteiger partial charge on any atom is 0.416 e. The van der Waals surface area contributed by atoms with Crippen molar-refractivity contribution in [2.24, 2.45) is 0 Å². The van der Waals surface area contributed by atoms with Crippen LogP contribution < -0.4 is 4.90 Å². The van der Waals surface area contributed by atoms with Gasteiger partial charge in [-0.15, -0.1) is 0 Å². The Morgan fingerprint density at radius 1 is 1.14 bits per heavy atom. The number of anilines is 1. The molecular formula is C15H13Cl3F3N. The molecule has 1 nitrogen and oxygen atoms in total. The quantitative estimate of drug-likeness (QED) is 0.610. The third kappa shape index (κ3) is 3.55. The van der Waals surface area contributed by atoms with E-state index in [9.17, 15) is 13.2 Å². The largest absolute Gasteiger partial charge is 0.416 e. The fourth-order valence-corrected chi connectivity index (χ4v) is 3.06. The number of hydrogen-bond acceptors (Lipinski definition) is 1. The van der Waals surface area contributed by atoms with E-state index in [1.54, 1.807) is 25.1 Å². The lowest BCUT2D eigenvalue weighted by atomic mass is 9.89.